The molecule has 80 valence electrons. The highest BCUT2D eigenvalue weighted by molar-refractivity contribution is 5.79. The number of nitrogens with zero attached hydrogens (tertiary/aromatic N) is 1. The van der Waals surface area contributed by atoms with Crippen LogP contribution in [0.4, 0.5) is 0 Å². The van der Waals surface area contributed by atoms with Crippen molar-refractivity contribution in [3.05, 3.63) is 12.2 Å². The van der Waals surface area contributed by atoms with Crippen LogP contribution in [-0.4, -0.2) is 46.8 Å². The molecule has 0 bridgehead atoms. The quantitative estimate of drug-likeness (QED) is 0.646. The second kappa shape index (κ2) is 5.78. The fourth-order valence-electron chi connectivity index (χ4n) is 1.80. The SMILES string of the molecule is O=C(O)C=CCN1CCCCC1CO. The van der Waals surface area contributed by atoms with Crippen LogP contribution in [0.3, 0.4) is 0 Å². The molecule has 4 heteroatoms. The monoisotopic (exact) mass is 199 g/mol. The lowest BCUT2D eigenvalue weighted by Gasteiger charge is -2.33. The fourth-order valence-corrected chi connectivity index (χ4v) is 1.80. The van der Waals surface area contributed by atoms with Gasteiger partial charge < -0.3 is 10.2 Å². The third-order valence-electron chi connectivity index (χ3n) is 2.56. The van der Waals surface area contributed by atoms with Crippen molar-refractivity contribution in [1.82, 2.24) is 4.90 Å². The number of hydrogen-bond donors (Lipinski definition) is 2. The number of carbonyl (C=O) groups is 1. The van der Waals surface area contributed by atoms with E-state index in [1.807, 2.05) is 0 Å². The number of aliphatic carboxylic acids is 1. The molecule has 14 heavy (non-hydrogen) atoms. The summed E-state index contributed by atoms with van der Waals surface area (Å²) in [5, 5.41) is 17.5. The topological polar surface area (TPSA) is 60.8 Å². The van der Waals surface area contributed by atoms with Gasteiger partial charge in [0.15, 0.2) is 0 Å². The van der Waals surface area contributed by atoms with E-state index in [1.165, 1.54) is 0 Å². The van der Waals surface area contributed by atoms with Gasteiger partial charge in [-0.1, -0.05) is 12.5 Å². The highest BCUT2D eigenvalue weighted by atomic mass is 16.4. The number of rotatable bonds is 4. The zero-order chi connectivity index (χ0) is 10.4. The Hall–Kier alpha value is -0.870. The molecule has 0 aliphatic carbocycles. The van der Waals surface area contributed by atoms with E-state index in [-0.39, 0.29) is 12.6 Å². The lowest BCUT2D eigenvalue weighted by Crippen LogP contribution is -2.41. The van der Waals surface area contributed by atoms with Gasteiger partial charge in [0.2, 0.25) is 0 Å². The first-order chi connectivity index (χ1) is 6.74. The molecule has 1 unspecified atom stereocenters. The molecule has 1 atom stereocenters. The summed E-state index contributed by atoms with van der Waals surface area (Å²) in [6, 6.07) is 0.210. The maximum absolute atomic E-state index is 10.2. The van der Waals surface area contributed by atoms with E-state index in [4.69, 9.17) is 10.2 Å². The van der Waals surface area contributed by atoms with Crippen molar-refractivity contribution >= 4 is 5.97 Å². The van der Waals surface area contributed by atoms with E-state index in [2.05, 4.69) is 4.90 Å². The van der Waals surface area contributed by atoms with Crippen LogP contribution in [-0.2, 0) is 4.79 Å². The third-order valence-corrected chi connectivity index (χ3v) is 2.56. The predicted molar refractivity (Wildman–Crippen MR) is 53.1 cm³/mol. The maximum atomic E-state index is 10.2. The van der Waals surface area contributed by atoms with Crippen molar-refractivity contribution in [1.29, 1.82) is 0 Å². The molecule has 1 aliphatic heterocycles. The summed E-state index contributed by atoms with van der Waals surface area (Å²) in [6.07, 6.45) is 6.10. The highest BCUT2D eigenvalue weighted by Gasteiger charge is 2.19. The Morgan fingerprint density at radius 1 is 1.50 bits per heavy atom. The molecule has 0 aromatic heterocycles. The number of carboxylic acids is 1. The van der Waals surface area contributed by atoms with Crippen LogP contribution in [0, 0.1) is 0 Å². The molecule has 0 spiro atoms. The van der Waals surface area contributed by atoms with E-state index >= 15 is 0 Å². The van der Waals surface area contributed by atoms with Crippen molar-refractivity contribution < 1.29 is 15.0 Å². The Kier molecular flexibility index (Phi) is 4.62. The van der Waals surface area contributed by atoms with E-state index in [0.29, 0.717) is 6.54 Å². The van der Waals surface area contributed by atoms with Crippen molar-refractivity contribution in [3.8, 4) is 0 Å². The minimum absolute atomic E-state index is 0.168. The summed E-state index contributed by atoms with van der Waals surface area (Å²) >= 11 is 0. The molecule has 0 aromatic carbocycles. The van der Waals surface area contributed by atoms with Crippen LogP contribution in [0.1, 0.15) is 19.3 Å². The van der Waals surface area contributed by atoms with E-state index in [0.717, 1.165) is 31.9 Å². The van der Waals surface area contributed by atoms with Gasteiger partial charge in [0.05, 0.1) is 6.61 Å². The molecule has 0 amide bonds. The predicted octanol–water partition coefficient (Wildman–Crippen LogP) is 0.474. The average Bonchev–Trinajstić information content (AvgIpc) is 2.18. The summed E-state index contributed by atoms with van der Waals surface area (Å²) in [5.41, 5.74) is 0. The first-order valence-electron chi connectivity index (χ1n) is 4.98. The summed E-state index contributed by atoms with van der Waals surface area (Å²) < 4.78 is 0. The number of aliphatic hydroxyl groups excluding tert-OH is 1. The van der Waals surface area contributed by atoms with Crippen LogP contribution in [0.25, 0.3) is 0 Å². The van der Waals surface area contributed by atoms with Crippen molar-refractivity contribution in [3.63, 3.8) is 0 Å². The van der Waals surface area contributed by atoms with Crippen LogP contribution in [0.15, 0.2) is 12.2 Å². The lowest BCUT2D eigenvalue weighted by molar-refractivity contribution is -0.131. The summed E-state index contributed by atoms with van der Waals surface area (Å²) in [5.74, 6) is -0.914. The van der Waals surface area contributed by atoms with E-state index < -0.39 is 5.97 Å². The van der Waals surface area contributed by atoms with E-state index in [1.54, 1.807) is 6.08 Å². The van der Waals surface area contributed by atoms with Gasteiger partial charge in [0.1, 0.15) is 0 Å². The van der Waals surface area contributed by atoms with Gasteiger partial charge in [-0.2, -0.15) is 0 Å². The molecular formula is C10H17NO3. The van der Waals surface area contributed by atoms with Gasteiger partial charge >= 0.3 is 5.97 Å². The Labute approximate surface area is 83.8 Å². The maximum Gasteiger partial charge on any atom is 0.328 e. The number of aliphatic hydroxyl groups is 1. The molecule has 1 saturated heterocycles. The fraction of sp³-hybridized carbons (Fsp3) is 0.700. The van der Waals surface area contributed by atoms with Gasteiger partial charge in [0, 0.05) is 18.7 Å². The van der Waals surface area contributed by atoms with Crippen LogP contribution >= 0.6 is 0 Å². The Bertz CT molecular complexity index is 215. The molecule has 1 heterocycles. The standard InChI is InChI=1S/C10H17NO3/c12-8-9-4-1-2-6-11(9)7-3-5-10(13)14/h3,5,9,12H,1-2,4,6-8H2,(H,13,14). The summed E-state index contributed by atoms with van der Waals surface area (Å²) in [6.45, 7) is 1.74. The first kappa shape index (κ1) is 11.2. The molecule has 0 aromatic rings. The molecule has 0 radical (unpaired) electrons. The molecule has 0 saturated carbocycles. The Morgan fingerprint density at radius 2 is 2.29 bits per heavy atom. The summed E-state index contributed by atoms with van der Waals surface area (Å²) in [4.78, 5) is 12.4. The number of piperidine rings is 1. The van der Waals surface area contributed by atoms with Gasteiger partial charge in [-0.15, -0.1) is 0 Å². The summed E-state index contributed by atoms with van der Waals surface area (Å²) in [7, 11) is 0. The second-order valence-corrected chi connectivity index (χ2v) is 3.57. The van der Waals surface area contributed by atoms with Gasteiger partial charge in [-0.25, -0.2) is 4.79 Å². The largest absolute Gasteiger partial charge is 0.478 e. The zero-order valence-corrected chi connectivity index (χ0v) is 8.22. The number of hydrogen-bond acceptors (Lipinski definition) is 3. The van der Waals surface area contributed by atoms with Crippen LogP contribution in [0.5, 0.6) is 0 Å². The molecule has 4 nitrogen and oxygen atoms in total. The van der Waals surface area contributed by atoms with Crippen LogP contribution < -0.4 is 0 Å². The molecular weight excluding hydrogens is 182 g/mol. The minimum Gasteiger partial charge on any atom is -0.478 e. The average molecular weight is 199 g/mol. The van der Waals surface area contributed by atoms with Crippen molar-refractivity contribution in [2.24, 2.45) is 0 Å². The third kappa shape index (κ3) is 3.47. The molecule has 1 rings (SSSR count). The Morgan fingerprint density at radius 3 is 2.93 bits per heavy atom. The Balaban J connectivity index is 2.36. The number of likely N-dealkylation sites (tertiary alicyclic amines) is 1. The van der Waals surface area contributed by atoms with Gasteiger partial charge in [-0.3, -0.25) is 4.90 Å². The second-order valence-electron chi connectivity index (χ2n) is 3.57. The molecule has 2 N–H and O–H groups in total. The minimum atomic E-state index is -0.914. The zero-order valence-electron chi connectivity index (χ0n) is 8.22. The lowest BCUT2D eigenvalue weighted by atomic mass is 10.0. The van der Waals surface area contributed by atoms with Gasteiger partial charge in [0.25, 0.3) is 0 Å². The van der Waals surface area contributed by atoms with Crippen molar-refractivity contribution in [2.75, 3.05) is 19.7 Å². The van der Waals surface area contributed by atoms with Crippen molar-refractivity contribution in [2.45, 2.75) is 25.3 Å². The van der Waals surface area contributed by atoms with Crippen LogP contribution in [0.2, 0.25) is 0 Å². The molecule has 1 fully saturated rings. The highest BCUT2D eigenvalue weighted by Crippen LogP contribution is 2.15. The van der Waals surface area contributed by atoms with Gasteiger partial charge in [-0.05, 0) is 19.4 Å². The smallest absolute Gasteiger partial charge is 0.328 e. The van der Waals surface area contributed by atoms with E-state index in [9.17, 15) is 4.79 Å². The number of carboxylic acid groups (broad SMARTS) is 1. The molecule has 1 aliphatic rings. The normalized spacial score (nSPS) is 24.2. The first-order valence-corrected chi connectivity index (χ1v) is 4.98.